The zero-order valence-electron chi connectivity index (χ0n) is 24.7. The molecule has 2 saturated heterocycles. The molecule has 0 bridgehead atoms. The van der Waals surface area contributed by atoms with Gasteiger partial charge in [0.25, 0.3) is 0 Å². The Labute approximate surface area is 256 Å². The van der Waals surface area contributed by atoms with Crippen LogP contribution >= 0.6 is 0 Å². The molecule has 2 fully saturated rings. The molecular weight excluding hydrogens is 560 g/mol. The van der Waals surface area contributed by atoms with Crippen LogP contribution in [0.15, 0.2) is 77.4 Å². The molecule has 44 heavy (non-hydrogen) atoms. The van der Waals surface area contributed by atoms with Crippen LogP contribution in [0.3, 0.4) is 0 Å². The number of anilines is 1. The Morgan fingerprint density at radius 3 is 2.59 bits per heavy atom. The number of rotatable bonds is 8. The summed E-state index contributed by atoms with van der Waals surface area (Å²) in [5.74, 6) is -2.13. The zero-order valence-corrected chi connectivity index (χ0v) is 24.7. The maximum absolute atomic E-state index is 13.9. The first-order chi connectivity index (χ1) is 21.2. The number of hydrogen-bond donors (Lipinski definition) is 4. The summed E-state index contributed by atoms with van der Waals surface area (Å²) in [4.78, 5) is 28.8. The molecule has 3 aromatic carbocycles. The summed E-state index contributed by atoms with van der Waals surface area (Å²) in [6, 6.07) is 17.4. The number of carbonyl (C=O) groups is 2. The summed E-state index contributed by atoms with van der Waals surface area (Å²) < 4.78 is 11.7. The van der Waals surface area contributed by atoms with Gasteiger partial charge in [-0.05, 0) is 84.2 Å². The number of hydrogen-bond acceptors (Lipinski definition) is 8. The molecule has 226 valence electrons. The van der Waals surface area contributed by atoms with Gasteiger partial charge in [0.05, 0.1) is 30.2 Å². The van der Waals surface area contributed by atoms with Crippen molar-refractivity contribution in [1.82, 2.24) is 0 Å². The van der Waals surface area contributed by atoms with E-state index in [1.54, 1.807) is 25.3 Å². The summed E-state index contributed by atoms with van der Waals surface area (Å²) in [7, 11) is -1.23. The van der Waals surface area contributed by atoms with Crippen molar-refractivity contribution < 1.29 is 39.2 Å². The van der Waals surface area contributed by atoms with Crippen molar-refractivity contribution in [2.75, 3.05) is 18.6 Å². The van der Waals surface area contributed by atoms with Crippen molar-refractivity contribution >= 4 is 54.0 Å². The van der Waals surface area contributed by atoms with E-state index < -0.39 is 38.1 Å². The standard InChI is InChI=1S/C33H35B2NO8/c1-19(14-20-11-12-28(37)25-9-4-3-8-24(20)25)10-13-29-30-21(18-43-2)15-26-31(27(30)17-34(40)44-29)33(39)36(32(26)38)23-7-5-6-22(16-23)35(41)42/h3-9,11-12,14,16,26-27,29,31,37,40-42H,10,13,15,17-18H2,1-2H3/b19-14+/t26-,27+,29-,31-/m1/s1. The Kier molecular flexibility index (Phi) is 8.50. The minimum atomic E-state index is -1.73. The molecule has 0 unspecified atom stereocenters. The Bertz CT molecular complexity index is 1670. The van der Waals surface area contributed by atoms with Crippen molar-refractivity contribution in [3.05, 3.63) is 82.9 Å². The molecule has 6 rings (SSSR count). The van der Waals surface area contributed by atoms with Crippen LogP contribution in [-0.2, 0) is 19.0 Å². The lowest BCUT2D eigenvalue weighted by Gasteiger charge is -2.43. The molecule has 4 N–H and O–H groups in total. The van der Waals surface area contributed by atoms with E-state index in [2.05, 4.69) is 6.08 Å². The minimum absolute atomic E-state index is 0.183. The van der Waals surface area contributed by atoms with E-state index in [9.17, 15) is 29.8 Å². The van der Waals surface area contributed by atoms with E-state index in [0.29, 0.717) is 24.9 Å². The van der Waals surface area contributed by atoms with Gasteiger partial charge in [-0.2, -0.15) is 0 Å². The molecule has 1 aliphatic carbocycles. The first-order valence-electron chi connectivity index (χ1n) is 14.9. The molecule has 3 aliphatic rings. The van der Waals surface area contributed by atoms with Crippen LogP contribution in [0.1, 0.15) is 31.7 Å². The summed E-state index contributed by atoms with van der Waals surface area (Å²) in [6.07, 6.45) is 3.39. The topological polar surface area (TPSA) is 137 Å². The fraction of sp³-hybridized carbons (Fsp3) is 0.333. The molecule has 0 spiro atoms. The van der Waals surface area contributed by atoms with Gasteiger partial charge in [0.1, 0.15) is 5.75 Å². The van der Waals surface area contributed by atoms with Gasteiger partial charge >= 0.3 is 14.2 Å². The first kappa shape index (κ1) is 30.3. The molecule has 9 nitrogen and oxygen atoms in total. The number of phenols is 1. The molecule has 0 radical (unpaired) electrons. The number of nitrogens with zero attached hydrogens (tertiary/aromatic N) is 1. The third-order valence-corrected chi connectivity index (χ3v) is 9.19. The summed E-state index contributed by atoms with van der Waals surface area (Å²) in [5, 5.41) is 42.2. The van der Waals surface area contributed by atoms with Gasteiger partial charge in [0.2, 0.25) is 11.8 Å². The predicted octanol–water partition coefficient (Wildman–Crippen LogP) is 3.06. The molecule has 0 aromatic heterocycles. The van der Waals surface area contributed by atoms with Crippen LogP contribution in [-0.4, -0.2) is 66.1 Å². The number of aromatic hydroxyl groups is 1. The lowest BCUT2D eigenvalue weighted by atomic mass is 9.58. The quantitative estimate of drug-likeness (QED) is 0.177. The van der Waals surface area contributed by atoms with Gasteiger partial charge in [-0.25, -0.2) is 0 Å². The number of methoxy groups -OCH3 is 1. The highest BCUT2D eigenvalue weighted by Gasteiger charge is 2.57. The van der Waals surface area contributed by atoms with Gasteiger partial charge in [0.15, 0.2) is 0 Å². The molecule has 2 heterocycles. The average molecular weight is 595 g/mol. The van der Waals surface area contributed by atoms with E-state index >= 15 is 0 Å². The van der Waals surface area contributed by atoms with Crippen molar-refractivity contribution in [2.24, 2.45) is 17.8 Å². The van der Waals surface area contributed by atoms with Gasteiger partial charge in [-0.1, -0.05) is 54.1 Å². The maximum atomic E-state index is 13.9. The maximum Gasteiger partial charge on any atom is 0.488 e. The number of ether oxygens (including phenoxy) is 1. The third-order valence-electron chi connectivity index (χ3n) is 9.19. The molecule has 2 amide bonds. The van der Waals surface area contributed by atoms with E-state index in [1.807, 2.05) is 37.3 Å². The smallest absolute Gasteiger partial charge is 0.488 e. The van der Waals surface area contributed by atoms with E-state index in [4.69, 9.17) is 9.39 Å². The summed E-state index contributed by atoms with van der Waals surface area (Å²) >= 11 is 0. The molecule has 3 aromatic rings. The number of carbonyl (C=O) groups excluding carboxylic acids is 2. The van der Waals surface area contributed by atoms with E-state index in [0.717, 1.165) is 38.0 Å². The highest BCUT2D eigenvalue weighted by Crippen LogP contribution is 2.51. The second kappa shape index (κ2) is 12.3. The Hall–Kier alpha value is -3.73. The molecule has 2 aliphatic heterocycles. The van der Waals surface area contributed by atoms with E-state index in [-0.39, 0.29) is 36.0 Å². The first-order valence-corrected chi connectivity index (χ1v) is 14.9. The van der Waals surface area contributed by atoms with Crippen molar-refractivity contribution in [3.8, 4) is 5.75 Å². The van der Waals surface area contributed by atoms with Gasteiger partial charge in [-0.15, -0.1) is 0 Å². The second-order valence-electron chi connectivity index (χ2n) is 12.0. The number of benzene rings is 3. The number of fused-ring (bicyclic) bond motifs is 4. The van der Waals surface area contributed by atoms with Crippen molar-refractivity contribution in [1.29, 1.82) is 0 Å². The highest BCUT2D eigenvalue weighted by atomic mass is 16.5. The average Bonchev–Trinajstić information content (AvgIpc) is 3.26. The Morgan fingerprint density at radius 2 is 1.84 bits per heavy atom. The van der Waals surface area contributed by atoms with Crippen molar-refractivity contribution in [3.63, 3.8) is 0 Å². The lowest BCUT2D eigenvalue weighted by Crippen LogP contribution is -2.46. The predicted molar refractivity (Wildman–Crippen MR) is 169 cm³/mol. The molecule has 4 atom stereocenters. The number of allylic oxidation sites excluding steroid dienone is 1. The third kappa shape index (κ3) is 5.50. The van der Waals surface area contributed by atoms with Crippen molar-refractivity contribution in [2.45, 2.75) is 38.6 Å². The SMILES string of the molecule is COCC1=C2[C@@H](CC/C(C)=C/c3ccc(O)c4ccccc34)OB(O)C[C@@H]2[C@@H]2C(=O)N(c3cccc(B(O)O)c3)C(=O)[C@@H]2C1. The normalized spacial score (nSPS) is 23.8. The summed E-state index contributed by atoms with van der Waals surface area (Å²) in [6.45, 7) is 2.32. The Morgan fingerprint density at radius 1 is 1.07 bits per heavy atom. The highest BCUT2D eigenvalue weighted by molar-refractivity contribution is 6.58. The van der Waals surface area contributed by atoms with Crippen LogP contribution < -0.4 is 10.4 Å². The Balaban J connectivity index is 1.28. The largest absolute Gasteiger partial charge is 0.507 e. The monoisotopic (exact) mass is 595 g/mol. The molecular formula is C33H35B2NO8. The van der Waals surface area contributed by atoms with Gasteiger partial charge in [-0.3, -0.25) is 14.5 Å². The minimum Gasteiger partial charge on any atom is -0.507 e. The van der Waals surface area contributed by atoms with Crippen LogP contribution in [0.4, 0.5) is 5.69 Å². The van der Waals surface area contributed by atoms with Crippen LogP contribution in [0.2, 0.25) is 6.32 Å². The fourth-order valence-corrected chi connectivity index (χ4v) is 7.28. The van der Waals surface area contributed by atoms with Gasteiger partial charge < -0.3 is 29.6 Å². The van der Waals surface area contributed by atoms with Crippen LogP contribution in [0.25, 0.3) is 16.8 Å². The lowest BCUT2D eigenvalue weighted by molar-refractivity contribution is -0.122. The van der Waals surface area contributed by atoms with Crippen LogP contribution in [0, 0.1) is 17.8 Å². The zero-order chi connectivity index (χ0) is 31.1. The number of phenolic OH excluding ortho intramolecular Hbond substituents is 1. The number of imide groups is 1. The molecule has 11 heteroatoms. The number of amides is 2. The molecule has 0 saturated carbocycles. The van der Waals surface area contributed by atoms with Gasteiger partial charge in [0, 0.05) is 12.5 Å². The second-order valence-corrected chi connectivity index (χ2v) is 12.0. The van der Waals surface area contributed by atoms with E-state index in [1.165, 1.54) is 12.1 Å². The fourth-order valence-electron chi connectivity index (χ4n) is 7.28. The van der Waals surface area contributed by atoms with Crippen LogP contribution in [0.5, 0.6) is 5.75 Å². The summed E-state index contributed by atoms with van der Waals surface area (Å²) in [5.41, 5.74) is 4.41.